The molecule has 0 saturated heterocycles. The summed E-state index contributed by atoms with van der Waals surface area (Å²) in [5.74, 6) is 0.330. The van der Waals surface area contributed by atoms with Gasteiger partial charge in [-0.2, -0.15) is 0 Å². The topological polar surface area (TPSA) is 67.8 Å². The van der Waals surface area contributed by atoms with Crippen molar-refractivity contribution in [1.82, 2.24) is 15.0 Å². The highest BCUT2D eigenvalue weighted by Crippen LogP contribution is 2.26. The van der Waals surface area contributed by atoms with Gasteiger partial charge >= 0.3 is 0 Å². The van der Waals surface area contributed by atoms with Gasteiger partial charge in [0.05, 0.1) is 11.4 Å². The molecule has 0 atom stereocenters. The second-order valence-electron chi connectivity index (χ2n) is 4.82. The van der Waals surface area contributed by atoms with Crippen LogP contribution in [0.25, 0.3) is 10.7 Å². The van der Waals surface area contributed by atoms with Crippen molar-refractivity contribution in [3.8, 4) is 10.7 Å². The number of anilines is 1. The number of rotatable bonds is 3. The molecule has 0 bridgehead atoms. The Balaban J connectivity index is 1.84. The number of hydrogen-bond acceptors (Lipinski definition) is 5. The van der Waals surface area contributed by atoms with Crippen molar-refractivity contribution in [3.63, 3.8) is 0 Å². The summed E-state index contributed by atoms with van der Waals surface area (Å²) in [4.78, 5) is 25.8. The standard InChI is InChI=1S/C16H14N4OS/c1-10-6-7-13(18-9-10)20-15(21)14-11(2)19-16(22-14)12-5-3-4-8-17-12/h3-9H,1-2H3,(H,18,20,21). The van der Waals surface area contributed by atoms with Crippen LogP contribution in [0.2, 0.25) is 0 Å². The number of thiazole rings is 1. The molecule has 0 radical (unpaired) electrons. The maximum absolute atomic E-state index is 12.4. The van der Waals surface area contributed by atoms with E-state index in [1.807, 2.05) is 38.1 Å². The SMILES string of the molecule is Cc1ccc(NC(=O)c2sc(-c3ccccn3)nc2C)nc1. The van der Waals surface area contributed by atoms with Gasteiger partial charge in [-0.15, -0.1) is 11.3 Å². The van der Waals surface area contributed by atoms with E-state index >= 15 is 0 Å². The Kier molecular flexibility index (Phi) is 3.93. The van der Waals surface area contributed by atoms with Crippen LogP contribution in [-0.2, 0) is 0 Å². The summed E-state index contributed by atoms with van der Waals surface area (Å²) in [6.45, 7) is 3.77. The number of hydrogen-bond donors (Lipinski definition) is 1. The quantitative estimate of drug-likeness (QED) is 0.804. The second kappa shape index (κ2) is 6.03. The second-order valence-corrected chi connectivity index (χ2v) is 5.82. The van der Waals surface area contributed by atoms with Gasteiger partial charge in [0.15, 0.2) is 0 Å². The number of carbonyl (C=O) groups is 1. The lowest BCUT2D eigenvalue weighted by Crippen LogP contribution is -2.12. The van der Waals surface area contributed by atoms with Crippen molar-refractivity contribution in [2.24, 2.45) is 0 Å². The molecule has 1 N–H and O–H groups in total. The first-order valence-corrected chi connectivity index (χ1v) is 7.58. The van der Waals surface area contributed by atoms with Gasteiger partial charge in [-0.25, -0.2) is 9.97 Å². The molecular weight excluding hydrogens is 296 g/mol. The Hall–Kier alpha value is -2.60. The maximum Gasteiger partial charge on any atom is 0.268 e. The zero-order valence-electron chi connectivity index (χ0n) is 12.2. The molecule has 3 heterocycles. The van der Waals surface area contributed by atoms with E-state index in [-0.39, 0.29) is 5.91 Å². The highest BCUT2D eigenvalue weighted by molar-refractivity contribution is 7.17. The van der Waals surface area contributed by atoms with Crippen LogP contribution in [0.1, 0.15) is 20.9 Å². The van der Waals surface area contributed by atoms with E-state index in [0.717, 1.165) is 16.3 Å². The Morgan fingerprint density at radius 1 is 1.14 bits per heavy atom. The zero-order valence-corrected chi connectivity index (χ0v) is 13.0. The van der Waals surface area contributed by atoms with Crippen LogP contribution in [0.4, 0.5) is 5.82 Å². The van der Waals surface area contributed by atoms with E-state index in [0.29, 0.717) is 16.4 Å². The number of aromatic nitrogens is 3. The van der Waals surface area contributed by atoms with Crippen molar-refractivity contribution in [3.05, 3.63) is 58.9 Å². The predicted molar refractivity (Wildman–Crippen MR) is 87.0 cm³/mol. The van der Waals surface area contributed by atoms with Gasteiger partial charge in [0.25, 0.3) is 5.91 Å². The van der Waals surface area contributed by atoms with Crippen LogP contribution in [0, 0.1) is 13.8 Å². The first kappa shape index (κ1) is 14.3. The van der Waals surface area contributed by atoms with Crippen LogP contribution in [0.3, 0.4) is 0 Å². The number of pyridine rings is 2. The van der Waals surface area contributed by atoms with E-state index in [1.165, 1.54) is 11.3 Å². The van der Waals surface area contributed by atoms with E-state index < -0.39 is 0 Å². The van der Waals surface area contributed by atoms with Crippen LogP contribution in [0.5, 0.6) is 0 Å². The van der Waals surface area contributed by atoms with Gasteiger partial charge in [0, 0.05) is 12.4 Å². The zero-order chi connectivity index (χ0) is 15.5. The summed E-state index contributed by atoms with van der Waals surface area (Å²) in [5.41, 5.74) is 2.50. The molecule has 0 unspecified atom stereocenters. The third-order valence-corrected chi connectivity index (χ3v) is 4.22. The molecule has 3 aromatic rings. The molecule has 0 aliphatic heterocycles. The molecule has 0 spiro atoms. The fourth-order valence-electron chi connectivity index (χ4n) is 1.92. The van der Waals surface area contributed by atoms with Crippen molar-refractivity contribution < 1.29 is 4.79 Å². The summed E-state index contributed by atoms with van der Waals surface area (Å²) in [5, 5.41) is 3.53. The molecule has 0 fully saturated rings. The van der Waals surface area contributed by atoms with E-state index in [9.17, 15) is 4.79 Å². The Morgan fingerprint density at radius 2 is 2.00 bits per heavy atom. The molecule has 3 rings (SSSR count). The summed E-state index contributed by atoms with van der Waals surface area (Å²) in [7, 11) is 0. The Labute approximate surface area is 132 Å². The summed E-state index contributed by atoms with van der Waals surface area (Å²) >= 11 is 1.33. The highest BCUT2D eigenvalue weighted by Gasteiger charge is 2.17. The minimum Gasteiger partial charge on any atom is -0.306 e. The van der Waals surface area contributed by atoms with E-state index in [2.05, 4.69) is 20.3 Å². The normalized spacial score (nSPS) is 10.5. The number of nitrogens with zero attached hydrogens (tertiary/aromatic N) is 3. The fourth-order valence-corrected chi connectivity index (χ4v) is 2.86. The van der Waals surface area contributed by atoms with Gasteiger partial charge in [0.1, 0.15) is 15.7 Å². The minimum absolute atomic E-state index is 0.200. The van der Waals surface area contributed by atoms with Gasteiger partial charge in [-0.05, 0) is 37.6 Å². The molecule has 110 valence electrons. The lowest BCUT2D eigenvalue weighted by atomic mass is 10.3. The lowest BCUT2D eigenvalue weighted by Gasteiger charge is -2.03. The molecule has 6 heteroatoms. The number of nitrogens with one attached hydrogen (secondary N) is 1. The third kappa shape index (κ3) is 3.01. The number of amides is 1. The summed E-state index contributed by atoms with van der Waals surface area (Å²) in [6.07, 6.45) is 3.43. The average Bonchev–Trinajstić information content (AvgIpc) is 2.92. The van der Waals surface area contributed by atoms with Crippen molar-refractivity contribution in [1.29, 1.82) is 0 Å². The number of carbonyl (C=O) groups excluding carboxylic acids is 1. The number of aryl methyl sites for hydroxylation is 2. The molecule has 0 aliphatic carbocycles. The van der Waals surface area contributed by atoms with Crippen LogP contribution in [-0.4, -0.2) is 20.9 Å². The van der Waals surface area contributed by atoms with Crippen molar-refractivity contribution in [2.75, 3.05) is 5.32 Å². The van der Waals surface area contributed by atoms with Crippen LogP contribution >= 0.6 is 11.3 Å². The summed E-state index contributed by atoms with van der Waals surface area (Å²) < 4.78 is 0. The molecule has 0 aliphatic rings. The van der Waals surface area contributed by atoms with Gasteiger partial charge < -0.3 is 5.32 Å². The smallest absolute Gasteiger partial charge is 0.268 e. The molecule has 5 nitrogen and oxygen atoms in total. The fraction of sp³-hybridized carbons (Fsp3) is 0.125. The first-order chi connectivity index (χ1) is 10.6. The average molecular weight is 310 g/mol. The molecule has 1 amide bonds. The maximum atomic E-state index is 12.4. The molecule has 22 heavy (non-hydrogen) atoms. The molecule has 0 aromatic carbocycles. The Bertz CT molecular complexity index is 797. The van der Waals surface area contributed by atoms with Crippen molar-refractivity contribution in [2.45, 2.75) is 13.8 Å². The molecule has 0 saturated carbocycles. The van der Waals surface area contributed by atoms with Gasteiger partial charge in [-0.1, -0.05) is 12.1 Å². The highest BCUT2D eigenvalue weighted by atomic mass is 32.1. The summed E-state index contributed by atoms with van der Waals surface area (Å²) in [6, 6.07) is 9.31. The first-order valence-electron chi connectivity index (χ1n) is 6.76. The van der Waals surface area contributed by atoms with Crippen molar-refractivity contribution >= 4 is 23.1 Å². The van der Waals surface area contributed by atoms with Crippen LogP contribution in [0.15, 0.2) is 42.7 Å². The van der Waals surface area contributed by atoms with Gasteiger partial charge in [0.2, 0.25) is 0 Å². The van der Waals surface area contributed by atoms with E-state index in [1.54, 1.807) is 18.5 Å². The Morgan fingerprint density at radius 3 is 2.68 bits per heavy atom. The predicted octanol–water partition coefficient (Wildman–Crippen LogP) is 3.47. The van der Waals surface area contributed by atoms with Gasteiger partial charge in [-0.3, -0.25) is 9.78 Å². The largest absolute Gasteiger partial charge is 0.306 e. The lowest BCUT2D eigenvalue weighted by molar-refractivity contribution is 0.102. The third-order valence-electron chi connectivity index (χ3n) is 3.04. The molecular formula is C16H14N4OS. The molecule has 3 aromatic heterocycles. The monoisotopic (exact) mass is 310 g/mol. The van der Waals surface area contributed by atoms with Crippen LogP contribution < -0.4 is 5.32 Å². The van der Waals surface area contributed by atoms with E-state index in [4.69, 9.17) is 0 Å². The minimum atomic E-state index is -0.200.